The summed E-state index contributed by atoms with van der Waals surface area (Å²) in [5, 5.41) is 5.21. The fourth-order valence-electron chi connectivity index (χ4n) is 2.81. The van der Waals surface area contributed by atoms with Crippen LogP contribution in [0.15, 0.2) is 42.0 Å². The molecule has 0 aromatic carbocycles. The monoisotopic (exact) mass is 330 g/mol. The van der Waals surface area contributed by atoms with Crippen LogP contribution >= 0.6 is 11.3 Å². The maximum Gasteiger partial charge on any atom is 0.318 e. The van der Waals surface area contributed by atoms with Crippen molar-refractivity contribution < 1.29 is 4.79 Å². The van der Waals surface area contributed by atoms with Gasteiger partial charge in [0.15, 0.2) is 0 Å². The first-order valence-corrected chi connectivity index (χ1v) is 8.89. The van der Waals surface area contributed by atoms with Crippen LogP contribution in [0.2, 0.25) is 0 Å². The van der Waals surface area contributed by atoms with Crippen molar-refractivity contribution in [2.75, 3.05) is 31.1 Å². The van der Waals surface area contributed by atoms with Gasteiger partial charge in [0.25, 0.3) is 0 Å². The summed E-state index contributed by atoms with van der Waals surface area (Å²) in [5.74, 6) is 0. The zero-order chi connectivity index (χ0) is 16.1. The van der Waals surface area contributed by atoms with Crippen molar-refractivity contribution >= 4 is 23.1 Å². The molecule has 0 aliphatic carbocycles. The molecule has 5 nitrogen and oxygen atoms in total. The summed E-state index contributed by atoms with van der Waals surface area (Å²) in [6.07, 6.45) is 4.56. The summed E-state index contributed by atoms with van der Waals surface area (Å²) in [6, 6.07) is 8.27. The topological polar surface area (TPSA) is 48.5 Å². The molecule has 2 aromatic rings. The molecule has 1 aliphatic rings. The predicted octanol–water partition coefficient (Wildman–Crippen LogP) is 3.13. The molecule has 23 heavy (non-hydrogen) atoms. The van der Waals surface area contributed by atoms with E-state index in [0.29, 0.717) is 0 Å². The first kappa shape index (κ1) is 15.8. The first-order valence-electron chi connectivity index (χ1n) is 8.01. The second-order valence-corrected chi connectivity index (χ2v) is 6.59. The van der Waals surface area contributed by atoms with Gasteiger partial charge in [-0.1, -0.05) is 13.0 Å². The summed E-state index contributed by atoms with van der Waals surface area (Å²) in [6.45, 7) is 5.26. The summed E-state index contributed by atoms with van der Waals surface area (Å²) in [7, 11) is 0. The van der Waals surface area contributed by atoms with Crippen LogP contribution in [0.25, 0.3) is 0 Å². The van der Waals surface area contributed by atoms with E-state index in [4.69, 9.17) is 0 Å². The van der Waals surface area contributed by atoms with Crippen LogP contribution in [-0.4, -0.2) is 42.1 Å². The Morgan fingerprint density at radius 2 is 2.13 bits per heavy atom. The van der Waals surface area contributed by atoms with Gasteiger partial charge in [-0.2, -0.15) is 0 Å². The van der Waals surface area contributed by atoms with E-state index >= 15 is 0 Å². The third-order valence-corrected chi connectivity index (χ3v) is 5.16. The number of hydrogen-bond donors (Lipinski definition) is 1. The van der Waals surface area contributed by atoms with E-state index in [1.165, 1.54) is 4.88 Å². The Balaban J connectivity index is 1.54. The van der Waals surface area contributed by atoms with Gasteiger partial charge < -0.3 is 15.1 Å². The Kier molecular flexibility index (Phi) is 5.12. The molecule has 0 radical (unpaired) electrons. The van der Waals surface area contributed by atoms with Crippen LogP contribution in [0.5, 0.6) is 0 Å². The van der Waals surface area contributed by atoms with E-state index in [1.807, 2.05) is 23.2 Å². The highest BCUT2D eigenvalue weighted by atomic mass is 32.1. The molecule has 3 heterocycles. The molecule has 1 saturated heterocycles. The number of urea groups is 1. The largest absolute Gasteiger partial charge is 0.367 e. The Hall–Kier alpha value is -2.08. The van der Waals surface area contributed by atoms with E-state index in [-0.39, 0.29) is 12.1 Å². The Bertz CT molecular complexity index is 609. The molecule has 3 rings (SSSR count). The van der Waals surface area contributed by atoms with Crippen molar-refractivity contribution in [3.8, 4) is 0 Å². The summed E-state index contributed by atoms with van der Waals surface area (Å²) < 4.78 is 0. The second kappa shape index (κ2) is 7.46. The molecule has 0 saturated carbocycles. The maximum atomic E-state index is 12.5. The number of piperazine rings is 1. The van der Waals surface area contributed by atoms with E-state index in [2.05, 4.69) is 39.6 Å². The van der Waals surface area contributed by atoms with Gasteiger partial charge in [-0.05, 0) is 30.0 Å². The van der Waals surface area contributed by atoms with Gasteiger partial charge in [0.2, 0.25) is 0 Å². The van der Waals surface area contributed by atoms with Crippen molar-refractivity contribution in [2.45, 2.75) is 19.4 Å². The number of anilines is 1. The van der Waals surface area contributed by atoms with Gasteiger partial charge in [-0.3, -0.25) is 4.98 Å². The van der Waals surface area contributed by atoms with Crippen molar-refractivity contribution in [2.24, 2.45) is 0 Å². The summed E-state index contributed by atoms with van der Waals surface area (Å²) in [5.41, 5.74) is 1.12. The minimum absolute atomic E-state index is 0.0380. The third kappa shape index (κ3) is 3.82. The zero-order valence-electron chi connectivity index (χ0n) is 13.3. The van der Waals surface area contributed by atoms with Crippen molar-refractivity contribution in [3.05, 3.63) is 46.9 Å². The number of thiophene rings is 1. The van der Waals surface area contributed by atoms with E-state index in [0.717, 1.165) is 38.3 Å². The number of carbonyl (C=O) groups excluding carboxylic acids is 1. The van der Waals surface area contributed by atoms with E-state index in [9.17, 15) is 4.79 Å². The molecule has 2 amide bonds. The zero-order valence-corrected chi connectivity index (χ0v) is 14.1. The fourth-order valence-corrected chi connectivity index (χ4v) is 3.67. The van der Waals surface area contributed by atoms with Crippen molar-refractivity contribution in [1.82, 2.24) is 15.2 Å². The summed E-state index contributed by atoms with van der Waals surface area (Å²) >= 11 is 1.69. The molecular formula is C17H22N4OS. The molecular weight excluding hydrogens is 308 g/mol. The third-order valence-electron chi connectivity index (χ3n) is 4.17. The van der Waals surface area contributed by atoms with Gasteiger partial charge in [0, 0.05) is 37.3 Å². The molecule has 1 N–H and O–H groups in total. The highest BCUT2D eigenvalue weighted by Gasteiger charge is 2.23. The quantitative estimate of drug-likeness (QED) is 0.937. The summed E-state index contributed by atoms with van der Waals surface area (Å²) in [4.78, 5) is 22.0. The lowest BCUT2D eigenvalue weighted by Gasteiger charge is -2.36. The van der Waals surface area contributed by atoms with E-state index < -0.39 is 0 Å². The number of rotatable bonds is 4. The number of carbonyl (C=O) groups is 1. The standard InChI is InChI=1S/C17H22N4OS/c1-2-15(16-6-4-12-23-16)19-17(22)21-10-8-20(9-11-21)14-5-3-7-18-13-14/h3-7,12-13,15H,2,8-11H2,1H3,(H,19,22)/t15-/m0/s1. The molecule has 1 aliphatic heterocycles. The van der Waals surface area contributed by atoms with Crippen molar-refractivity contribution in [1.29, 1.82) is 0 Å². The molecule has 0 spiro atoms. The minimum atomic E-state index is 0.0380. The lowest BCUT2D eigenvalue weighted by atomic mass is 10.2. The number of nitrogens with zero attached hydrogens (tertiary/aromatic N) is 3. The molecule has 6 heteroatoms. The SMILES string of the molecule is CC[C@H](NC(=O)N1CCN(c2cccnc2)CC1)c1cccs1. The lowest BCUT2D eigenvalue weighted by molar-refractivity contribution is 0.190. The number of nitrogens with one attached hydrogen (secondary N) is 1. The number of hydrogen-bond acceptors (Lipinski definition) is 4. The fraction of sp³-hybridized carbons (Fsp3) is 0.412. The number of aromatic nitrogens is 1. The molecule has 0 bridgehead atoms. The molecule has 1 atom stereocenters. The predicted molar refractivity (Wildman–Crippen MR) is 93.9 cm³/mol. The lowest BCUT2D eigenvalue weighted by Crippen LogP contribution is -2.52. The van der Waals surface area contributed by atoms with Crippen molar-refractivity contribution in [3.63, 3.8) is 0 Å². The Morgan fingerprint density at radius 1 is 1.30 bits per heavy atom. The highest BCUT2D eigenvalue weighted by molar-refractivity contribution is 7.10. The van der Waals surface area contributed by atoms with Gasteiger partial charge in [-0.25, -0.2) is 4.79 Å². The average molecular weight is 330 g/mol. The average Bonchev–Trinajstić information content (AvgIpc) is 3.15. The number of pyridine rings is 1. The van der Waals surface area contributed by atoms with Crippen LogP contribution in [0.3, 0.4) is 0 Å². The van der Waals surface area contributed by atoms with Crippen LogP contribution in [-0.2, 0) is 0 Å². The Labute approximate surface area is 140 Å². The van der Waals surface area contributed by atoms with Gasteiger partial charge in [-0.15, -0.1) is 11.3 Å². The molecule has 2 aromatic heterocycles. The smallest absolute Gasteiger partial charge is 0.318 e. The Morgan fingerprint density at radius 3 is 2.74 bits per heavy atom. The maximum absolute atomic E-state index is 12.5. The minimum Gasteiger partial charge on any atom is -0.367 e. The highest BCUT2D eigenvalue weighted by Crippen LogP contribution is 2.22. The van der Waals surface area contributed by atoms with Crippen LogP contribution in [0, 0.1) is 0 Å². The normalized spacial score (nSPS) is 16.2. The van der Waals surface area contributed by atoms with Crippen LogP contribution in [0.4, 0.5) is 10.5 Å². The molecule has 0 unspecified atom stereocenters. The molecule has 122 valence electrons. The van der Waals surface area contributed by atoms with Gasteiger partial charge in [0.1, 0.15) is 0 Å². The molecule has 1 fully saturated rings. The van der Waals surface area contributed by atoms with Gasteiger partial charge >= 0.3 is 6.03 Å². The number of amides is 2. The second-order valence-electron chi connectivity index (χ2n) is 5.61. The van der Waals surface area contributed by atoms with E-state index in [1.54, 1.807) is 17.5 Å². The van der Waals surface area contributed by atoms with Gasteiger partial charge in [0.05, 0.1) is 17.9 Å². The van der Waals surface area contributed by atoms with Crippen LogP contribution < -0.4 is 10.2 Å². The van der Waals surface area contributed by atoms with Crippen LogP contribution in [0.1, 0.15) is 24.3 Å². The first-order chi connectivity index (χ1) is 11.3.